The van der Waals surface area contributed by atoms with Crippen LogP contribution >= 0.6 is 0 Å². The molecule has 6 nitrogen and oxygen atoms in total. The molecular formula is C15H19N5O. The van der Waals surface area contributed by atoms with E-state index in [1.807, 2.05) is 44.1 Å². The van der Waals surface area contributed by atoms with E-state index in [1.54, 1.807) is 0 Å². The van der Waals surface area contributed by atoms with Crippen molar-refractivity contribution < 1.29 is 4.79 Å². The van der Waals surface area contributed by atoms with Gasteiger partial charge in [-0.2, -0.15) is 0 Å². The van der Waals surface area contributed by atoms with Crippen molar-refractivity contribution >= 4 is 17.3 Å². The summed E-state index contributed by atoms with van der Waals surface area (Å²) < 4.78 is 0. The second-order valence-electron chi connectivity index (χ2n) is 5.67. The second kappa shape index (κ2) is 5.20. The molecule has 0 spiro atoms. The van der Waals surface area contributed by atoms with E-state index in [9.17, 15) is 4.79 Å². The van der Waals surface area contributed by atoms with Crippen molar-refractivity contribution in [3.05, 3.63) is 35.4 Å². The first-order chi connectivity index (χ1) is 10.0. The van der Waals surface area contributed by atoms with Crippen LogP contribution in [0.25, 0.3) is 0 Å². The zero-order chi connectivity index (χ0) is 15.0. The Morgan fingerprint density at radius 2 is 2.14 bits per heavy atom. The number of rotatable bonds is 4. The summed E-state index contributed by atoms with van der Waals surface area (Å²) in [5.74, 6) is 1.20. The molecule has 0 unspecified atom stereocenters. The summed E-state index contributed by atoms with van der Waals surface area (Å²) >= 11 is 0. The van der Waals surface area contributed by atoms with Crippen molar-refractivity contribution in [1.29, 1.82) is 0 Å². The minimum atomic E-state index is -0.279. The van der Waals surface area contributed by atoms with Gasteiger partial charge < -0.3 is 10.2 Å². The smallest absolute Gasteiger partial charge is 0.295 e. The van der Waals surface area contributed by atoms with Crippen LogP contribution in [0.3, 0.4) is 0 Å². The lowest BCUT2D eigenvalue weighted by Gasteiger charge is -2.15. The Labute approximate surface area is 123 Å². The van der Waals surface area contributed by atoms with Gasteiger partial charge in [0.1, 0.15) is 5.82 Å². The summed E-state index contributed by atoms with van der Waals surface area (Å²) in [6, 6.07) is 5.90. The highest BCUT2D eigenvalue weighted by atomic mass is 16.2. The number of aromatic nitrogens is 3. The van der Waals surface area contributed by atoms with Gasteiger partial charge in [-0.3, -0.25) is 9.89 Å². The highest BCUT2D eigenvalue weighted by Gasteiger charge is 2.28. The molecule has 1 heterocycles. The van der Waals surface area contributed by atoms with Gasteiger partial charge in [-0.25, -0.2) is 4.98 Å². The van der Waals surface area contributed by atoms with Crippen molar-refractivity contribution in [2.45, 2.75) is 25.7 Å². The highest BCUT2D eigenvalue weighted by molar-refractivity contribution is 6.02. The standard InChI is InChI=1S/C15H19N5O/c1-9-8-11(20(2)3)6-7-12(9)16-15(21)14-17-13(18-19-14)10-4-5-10/h6-8,10H,4-5H2,1-3H3,(H,16,21)(H,17,18,19). The van der Waals surface area contributed by atoms with Gasteiger partial charge >= 0.3 is 0 Å². The first-order valence-corrected chi connectivity index (χ1v) is 7.06. The predicted molar refractivity (Wildman–Crippen MR) is 81.8 cm³/mol. The molecule has 21 heavy (non-hydrogen) atoms. The molecule has 2 N–H and O–H groups in total. The molecule has 1 aromatic heterocycles. The fourth-order valence-electron chi connectivity index (χ4n) is 2.16. The Bertz CT molecular complexity index is 672. The lowest BCUT2D eigenvalue weighted by molar-refractivity contribution is 0.101. The lowest BCUT2D eigenvalue weighted by Crippen LogP contribution is -2.15. The maximum Gasteiger partial charge on any atom is 0.295 e. The van der Waals surface area contributed by atoms with Crippen LogP contribution in [0.2, 0.25) is 0 Å². The Morgan fingerprint density at radius 1 is 1.38 bits per heavy atom. The maximum absolute atomic E-state index is 12.2. The summed E-state index contributed by atoms with van der Waals surface area (Å²) in [6.45, 7) is 1.97. The number of hydrogen-bond donors (Lipinski definition) is 2. The number of carbonyl (C=O) groups is 1. The second-order valence-corrected chi connectivity index (χ2v) is 5.67. The van der Waals surface area contributed by atoms with Gasteiger partial charge in [0, 0.05) is 31.4 Å². The summed E-state index contributed by atoms with van der Waals surface area (Å²) in [7, 11) is 3.97. The van der Waals surface area contributed by atoms with E-state index in [1.165, 1.54) is 0 Å². The number of H-pyrrole nitrogens is 1. The monoisotopic (exact) mass is 285 g/mol. The minimum absolute atomic E-state index is 0.202. The van der Waals surface area contributed by atoms with Crippen molar-refractivity contribution in [3.63, 3.8) is 0 Å². The molecule has 1 fully saturated rings. The number of nitrogens with zero attached hydrogens (tertiary/aromatic N) is 3. The Morgan fingerprint density at radius 3 is 2.76 bits per heavy atom. The topological polar surface area (TPSA) is 73.9 Å². The van der Waals surface area contributed by atoms with Crippen molar-refractivity contribution in [3.8, 4) is 0 Å². The van der Waals surface area contributed by atoms with E-state index in [0.717, 1.165) is 35.6 Å². The van der Waals surface area contributed by atoms with Gasteiger partial charge in [0.2, 0.25) is 5.82 Å². The number of benzene rings is 1. The van der Waals surface area contributed by atoms with Gasteiger partial charge in [0.15, 0.2) is 0 Å². The van der Waals surface area contributed by atoms with Gasteiger partial charge in [-0.15, -0.1) is 5.10 Å². The molecule has 6 heteroatoms. The maximum atomic E-state index is 12.2. The zero-order valence-corrected chi connectivity index (χ0v) is 12.5. The molecule has 1 saturated carbocycles. The van der Waals surface area contributed by atoms with Crippen LogP contribution in [0, 0.1) is 6.92 Å². The number of nitrogens with one attached hydrogen (secondary N) is 2. The number of anilines is 2. The molecule has 0 saturated heterocycles. The minimum Gasteiger partial charge on any atom is -0.378 e. The molecular weight excluding hydrogens is 266 g/mol. The van der Waals surface area contributed by atoms with Crippen LogP contribution in [0.4, 0.5) is 11.4 Å². The molecule has 0 radical (unpaired) electrons. The van der Waals surface area contributed by atoms with Crippen molar-refractivity contribution in [2.24, 2.45) is 0 Å². The molecule has 110 valence electrons. The fourth-order valence-corrected chi connectivity index (χ4v) is 2.16. The van der Waals surface area contributed by atoms with Crippen molar-refractivity contribution in [1.82, 2.24) is 15.2 Å². The summed E-state index contributed by atoms with van der Waals surface area (Å²) in [5, 5.41) is 9.70. The van der Waals surface area contributed by atoms with E-state index in [2.05, 4.69) is 20.5 Å². The average molecular weight is 285 g/mol. The number of aryl methyl sites for hydroxylation is 1. The molecule has 3 rings (SSSR count). The quantitative estimate of drug-likeness (QED) is 0.904. The molecule has 1 aliphatic rings. The zero-order valence-electron chi connectivity index (χ0n) is 12.5. The third-order valence-electron chi connectivity index (χ3n) is 3.64. The molecule has 2 aromatic rings. The van der Waals surface area contributed by atoms with Crippen LogP contribution in [-0.2, 0) is 0 Å². The summed E-state index contributed by atoms with van der Waals surface area (Å²) in [6.07, 6.45) is 2.25. The first-order valence-electron chi connectivity index (χ1n) is 7.06. The Kier molecular flexibility index (Phi) is 3.37. The normalized spacial score (nSPS) is 14.0. The van der Waals surface area contributed by atoms with Gasteiger partial charge in [-0.1, -0.05) is 0 Å². The molecule has 1 aliphatic carbocycles. The van der Waals surface area contributed by atoms with E-state index < -0.39 is 0 Å². The SMILES string of the molecule is Cc1cc(N(C)C)ccc1NC(=O)c1n[nH]c(C2CC2)n1. The first kappa shape index (κ1) is 13.6. The van der Waals surface area contributed by atoms with Crippen LogP contribution in [0.5, 0.6) is 0 Å². The number of amides is 1. The number of hydrogen-bond acceptors (Lipinski definition) is 4. The van der Waals surface area contributed by atoms with Crippen LogP contribution in [-0.4, -0.2) is 35.2 Å². The summed E-state index contributed by atoms with van der Waals surface area (Å²) in [4.78, 5) is 18.5. The van der Waals surface area contributed by atoms with Crippen LogP contribution in [0.1, 0.15) is 40.8 Å². The molecule has 1 aromatic carbocycles. The van der Waals surface area contributed by atoms with E-state index in [-0.39, 0.29) is 11.7 Å². The van der Waals surface area contributed by atoms with Crippen LogP contribution in [0.15, 0.2) is 18.2 Å². The Balaban J connectivity index is 1.74. The molecule has 1 amide bonds. The van der Waals surface area contributed by atoms with Gasteiger partial charge in [-0.05, 0) is 43.5 Å². The van der Waals surface area contributed by atoms with E-state index >= 15 is 0 Å². The van der Waals surface area contributed by atoms with E-state index in [4.69, 9.17) is 0 Å². The van der Waals surface area contributed by atoms with Gasteiger partial charge in [0.25, 0.3) is 5.91 Å². The van der Waals surface area contributed by atoms with E-state index in [0.29, 0.717) is 5.92 Å². The molecule has 0 aliphatic heterocycles. The third-order valence-corrected chi connectivity index (χ3v) is 3.64. The van der Waals surface area contributed by atoms with Gasteiger partial charge in [0.05, 0.1) is 0 Å². The highest BCUT2D eigenvalue weighted by Crippen LogP contribution is 2.37. The van der Waals surface area contributed by atoms with Crippen LogP contribution < -0.4 is 10.2 Å². The lowest BCUT2D eigenvalue weighted by atomic mass is 10.1. The molecule has 0 bridgehead atoms. The largest absolute Gasteiger partial charge is 0.378 e. The molecule has 0 atom stereocenters. The third kappa shape index (κ3) is 2.89. The Hall–Kier alpha value is -2.37. The fraction of sp³-hybridized carbons (Fsp3) is 0.400. The predicted octanol–water partition coefficient (Wildman–Crippen LogP) is 2.31. The number of aromatic amines is 1. The summed E-state index contributed by atoms with van der Waals surface area (Å²) in [5.41, 5.74) is 2.88. The average Bonchev–Trinajstić information content (AvgIpc) is 3.18. The number of carbonyl (C=O) groups excluding carboxylic acids is 1. The van der Waals surface area contributed by atoms with Crippen molar-refractivity contribution in [2.75, 3.05) is 24.3 Å².